The number of fused-ring (bicyclic) bond motifs is 1. The number of nitrogens with one attached hydrogen (secondary N) is 1. The first-order chi connectivity index (χ1) is 11.0. The van der Waals surface area contributed by atoms with Gasteiger partial charge in [0.25, 0.3) is 5.91 Å². The van der Waals surface area contributed by atoms with E-state index in [1.54, 1.807) is 24.3 Å². The number of rotatable bonds is 2. The molecule has 1 N–H and O–H groups in total. The molecule has 0 fully saturated rings. The predicted octanol–water partition coefficient (Wildman–Crippen LogP) is 3.23. The summed E-state index contributed by atoms with van der Waals surface area (Å²) in [5.41, 5.74) is 3.77. The predicted molar refractivity (Wildman–Crippen MR) is 90.2 cm³/mol. The van der Waals surface area contributed by atoms with Gasteiger partial charge in [0.2, 0.25) is 5.91 Å². The number of anilines is 1. The Morgan fingerprint density at radius 3 is 2.57 bits per heavy atom. The van der Waals surface area contributed by atoms with Crippen LogP contribution < -0.4 is 5.32 Å². The Labute approximate surface area is 136 Å². The van der Waals surface area contributed by atoms with Gasteiger partial charge in [-0.3, -0.25) is 9.59 Å². The maximum atomic E-state index is 12.9. The van der Waals surface area contributed by atoms with Gasteiger partial charge in [-0.1, -0.05) is 30.3 Å². The van der Waals surface area contributed by atoms with E-state index in [9.17, 15) is 9.59 Å². The Morgan fingerprint density at radius 1 is 1.09 bits per heavy atom. The van der Waals surface area contributed by atoms with Gasteiger partial charge in [0.05, 0.1) is 0 Å². The maximum absolute atomic E-state index is 12.9. The topological polar surface area (TPSA) is 49.4 Å². The van der Waals surface area contributed by atoms with E-state index in [-0.39, 0.29) is 17.9 Å². The van der Waals surface area contributed by atoms with Gasteiger partial charge < -0.3 is 10.2 Å². The highest BCUT2D eigenvalue weighted by atomic mass is 16.2. The van der Waals surface area contributed by atoms with Gasteiger partial charge >= 0.3 is 0 Å². The number of hydrogen-bond acceptors (Lipinski definition) is 2. The number of hydrogen-bond donors (Lipinski definition) is 1. The van der Waals surface area contributed by atoms with Gasteiger partial charge in [-0.15, -0.1) is 0 Å². The molecule has 4 heteroatoms. The van der Waals surface area contributed by atoms with E-state index in [2.05, 4.69) is 24.4 Å². The normalized spacial score (nSPS) is 16.6. The van der Waals surface area contributed by atoms with Crippen LogP contribution in [0.2, 0.25) is 0 Å². The van der Waals surface area contributed by atoms with Crippen LogP contribution in [0.3, 0.4) is 0 Å². The Balaban J connectivity index is 1.84. The second-order valence-corrected chi connectivity index (χ2v) is 6.02. The van der Waals surface area contributed by atoms with Crippen LogP contribution in [0.5, 0.6) is 0 Å². The summed E-state index contributed by atoms with van der Waals surface area (Å²) in [6, 6.07) is 15.5. The second-order valence-electron chi connectivity index (χ2n) is 6.02. The Morgan fingerprint density at radius 2 is 1.83 bits per heavy atom. The Hall–Kier alpha value is -2.62. The first kappa shape index (κ1) is 15.3. The molecule has 1 aliphatic heterocycles. The van der Waals surface area contributed by atoms with E-state index in [1.165, 1.54) is 18.1 Å². The zero-order valence-electron chi connectivity index (χ0n) is 13.4. The first-order valence-electron chi connectivity index (χ1n) is 7.80. The summed E-state index contributed by atoms with van der Waals surface area (Å²) >= 11 is 0. The fourth-order valence-electron chi connectivity index (χ4n) is 3.05. The molecule has 2 aromatic carbocycles. The highest BCUT2D eigenvalue weighted by Crippen LogP contribution is 2.25. The van der Waals surface area contributed by atoms with E-state index >= 15 is 0 Å². The lowest BCUT2D eigenvalue weighted by molar-refractivity contribution is -0.114. The molecule has 23 heavy (non-hydrogen) atoms. The van der Waals surface area contributed by atoms with E-state index in [4.69, 9.17) is 0 Å². The van der Waals surface area contributed by atoms with Crippen molar-refractivity contribution >= 4 is 17.5 Å². The smallest absolute Gasteiger partial charge is 0.254 e. The standard InChI is InChI=1S/C19H20N2O2/c1-13-10-15-6-3-4-7-17(15)12-21(13)19(23)16-8-5-9-18(11-16)20-14(2)22/h3-9,11,13H,10,12H2,1-2H3,(H,20,22). The zero-order valence-corrected chi connectivity index (χ0v) is 13.4. The highest BCUT2D eigenvalue weighted by molar-refractivity contribution is 5.97. The number of benzene rings is 2. The van der Waals surface area contributed by atoms with Crippen molar-refractivity contribution in [2.75, 3.05) is 5.32 Å². The van der Waals surface area contributed by atoms with Gasteiger partial charge in [0, 0.05) is 30.8 Å². The SMILES string of the molecule is CC(=O)Nc1cccc(C(=O)N2Cc3ccccc3CC2C)c1. The van der Waals surface area contributed by atoms with Crippen LogP contribution in [0.15, 0.2) is 48.5 Å². The molecule has 0 saturated heterocycles. The van der Waals surface area contributed by atoms with Crippen LogP contribution in [0.4, 0.5) is 5.69 Å². The van der Waals surface area contributed by atoms with Crippen LogP contribution in [0.1, 0.15) is 35.3 Å². The minimum Gasteiger partial charge on any atom is -0.331 e. The molecule has 0 radical (unpaired) electrons. The third-order valence-electron chi connectivity index (χ3n) is 4.20. The van der Waals surface area contributed by atoms with Crippen molar-refractivity contribution in [1.29, 1.82) is 0 Å². The molecule has 4 nitrogen and oxygen atoms in total. The van der Waals surface area contributed by atoms with Gasteiger partial charge in [-0.05, 0) is 42.7 Å². The summed E-state index contributed by atoms with van der Waals surface area (Å²) in [6.45, 7) is 4.16. The minimum absolute atomic E-state index is 0.000736. The van der Waals surface area contributed by atoms with Gasteiger partial charge in [0.1, 0.15) is 0 Å². The Bertz CT molecular complexity index is 755. The van der Waals surface area contributed by atoms with Gasteiger partial charge in [-0.2, -0.15) is 0 Å². The third-order valence-corrected chi connectivity index (χ3v) is 4.20. The first-order valence-corrected chi connectivity index (χ1v) is 7.80. The average Bonchev–Trinajstić information content (AvgIpc) is 2.53. The summed E-state index contributed by atoms with van der Waals surface area (Å²) in [4.78, 5) is 25.9. The monoisotopic (exact) mass is 308 g/mol. The van der Waals surface area contributed by atoms with E-state index in [1.807, 2.05) is 17.0 Å². The van der Waals surface area contributed by atoms with Crippen molar-refractivity contribution in [2.45, 2.75) is 32.9 Å². The molecule has 1 atom stereocenters. The molecule has 2 amide bonds. The minimum atomic E-state index is -0.144. The molecule has 3 rings (SSSR count). The quantitative estimate of drug-likeness (QED) is 0.926. The Kier molecular flexibility index (Phi) is 4.15. The summed E-state index contributed by atoms with van der Waals surface area (Å²) in [5, 5.41) is 2.72. The molecule has 1 aliphatic rings. The molecule has 0 bridgehead atoms. The second kappa shape index (κ2) is 6.24. The largest absolute Gasteiger partial charge is 0.331 e. The third kappa shape index (κ3) is 3.26. The number of carbonyl (C=O) groups is 2. The highest BCUT2D eigenvalue weighted by Gasteiger charge is 2.27. The molecule has 118 valence electrons. The lowest BCUT2D eigenvalue weighted by atomic mass is 9.94. The molecular weight excluding hydrogens is 288 g/mol. The van der Waals surface area contributed by atoms with Crippen molar-refractivity contribution in [2.24, 2.45) is 0 Å². The molecule has 2 aromatic rings. The number of carbonyl (C=O) groups excluding carboxylic acids is 2. The molecular formula is C19H20N2O2. The lowest BCUT2D eigenvalue weighted by Gasteiger charge is -2.35. The summed E-state index contributed by atoms with van der Waals surface area (Å²) in [5.74, 6) is -0.144. The molecule has 1 unspecified atom stereocenters. The molecule has 1 heterocycles. The van der Waals surface area contributed by atoms with Gasteiger partial charge in [-0.25, -0.2) is 0 Å². The van der Waals surface area contributed by atoms with Gasteiger partial charge in [0.15, 0.2) is 0 Å². The summed E-state index contributed by atoms with van der Waals surface area (Å²) < 4.78 is 0. The summed E-state index contributed by atoms with van der Waals surface area (Å²) in [6.07, 6.45) is 0.868. The van der Waals surface area contributed by atoms with E-state index < -0.39 is 0 Å². The fourth-order valence-corrected chi connectivity index (χ4v) is 3.05. The number of amides is 2. The van der Waals surface area contributed by atoms with Crippen molar-refractivity contribution in [1.82, 2.24) is 4.90 Å². The molecule has 0 aliphatic carbocycles. The van der Waals surface area contributed by atoms with Crippen molar-refractivity contribution in [3.05, 3.63) is 65.2 Å². The number of nitrogens with zero attached hydrogens (tertiary/aromatic N) is 1. The van der Waals surface area contributed by atoms with Crippen LogP contribution in [0, 0.1) is 0 Å². The van der Waals surface area contributed by atoms with Crippen molar-refractivity contribution in [3.63, 3.8) is 0 Å². The maximum Gasteiger partial charge on any atom is 0.254 e. The van der Waals surface area contributed by atoms with E-state index in [0.717, 1.165) is 6.42 Å². The van der Waals surface area contributed by atoms with Crippen LogP contribution in [0.25, 0.3) is 0 Å². The zero-order chi connectivity index (χ0) is 16.4. The summed E-state index contributed by atoms with van der Waals surface area (Å²) in [7, 11) is 0. The van der Waals surface area contributed by atoms with Crippen molar-refractivity contribution < 1.29 is 9.59 Å². The van der Waals surface area contributed by atoms with Crippen LogP contribution >= 0.6 is 0 Å². The van der Waals surface area contributed by atoms with Crippen LogP contribution in [-0.2, 0) is 17.8 Å². The van der Waals surface area contributed by atoms with Crippen molar-refractivity contribution in [3.8, 4) is 0 Å². The molecule has 0 aromatic heterocycles. The molecule has 0 saturated carbocycles. The van der Waals surface area contributed by atoms with Crippen LogP contribution in [-0.4, -0.2) is 22.8 Å². The molecule has 0 spiro atoms. The van der Waals surface area contributed by atoms with E-state index in [0.29, 0.717) is 17.8 Å². The average molecular weight is 308 g/mol. The lowest BCUT2D eigenvalue weighted by Crippen LogP contribution is -2.42. The fraction of sp³-hybridized carbons (Fsp3) is 0.263.